The summed E-state index contributed by atoms with van der Waals surface area (Å²) < 4.78 is 1.71. The fourth-order valence-electron chi connectivity index (χ4n) is 5.22. The molecule has 3 aromatic rings. The highest BCUT2D eigenvalue weighted by Gasteiger charge is 2.29. The Morgan fingerprint density at radius 1 is 1.08 bits per heavy atom. The number of aromatic nitrogens is 3. The zero-order chi connectivity index (χ0) is 26.1. The lowest BCUT2D eigenvalue weighted by Crippen LogP contribution is -2.55. The van der Waals surface area contributed by atoms with Crippen LogP contribution in [0.25, 0.3) is 11.0 Å². The molecule has 0 bridgehead atoms. The van der Waals surface area contributed by atoms with E-state index >= 15 is 0 Å². The summed E-state index contributed by atoms with van der Waals surface area (Å²) in [5, 5.41) is 4.11. The number of carbonyl (C=O) groups is 1. The van der Waals surface area contributed by atoms with E-state index in [1.54, 1.807) is 27.8 Å². The van der Waals surface area contributed by atoms with Crippen LogP contribution in [0.15, 0.2) is 60.0 Å². The van der Waals surface area contributed by atoms with E-state index in [2.05, 4.69) is 59.7 Å². The minimum atomic E-state index is -0.0875. The van der Waals surface area contributed by atoms with Crippen molar-refractivity contribution < 1.29 is 4.79 Å². The number of carbonyl (C=O) groups excluding carboxylic acids is 1. The Hall–Kier alpha value is -3.72. The van der Waals surface area contributed by atoms with E-state index < -0.39 is 0 Å². The molecule has 0 saturated carbocycles. The van der Waals surface area contributed by atoms with Gasteiger partial charge in [0.25, 0.3) is 5.56 Å². The molecule has 194 valence electrons. The number of benzene rings is 1. The Kier molecular flexibility index (Phi) is 6.97. The van der Waals surface area contributed by atoms with Crippen molar-refractivity contribution in [1.29, 1.82) is 0 Å². The number of hydrogen-bond donors (Lipinski definition) is 1. The van der Waals surface area contributed by atoms with Crippen molar-refractivity contribution in [1.82, 2.24) is 24.3 Å². The van der Waals surface area contributed by atoms with Gasteiger partial charge in [0.15, 0.2) is 0 Å². The first-order valence-corrected chi connectivity index (χ1v) is 12.9. The first-order chi connectivity index (χ1) is 17.8. The average Bonchev–Trinajstić information content (AvgIpc) is 2.87. The predicted molar refractivity (Wildman–Crippen MR) is 147 cm³/mol. The summed E-state index contributed by atoms with van der Waals surface area (Å²) >= 11 is 0. The zero-order valence-corrected chi connectivity index (χ0v) is 21.8. The molecule has 2 aromatic heterocycles. The van der Waals surface area contributed by atoms with E-state index in [1.807, 2.05) is 12.1 Å². The van der Waals surface area contributed by atoms with E-state index in [0.29, 0.717) is 49.2 Å². The van der Waals surface area contributed by atoms with Crippen LogP contribution in [0.4, 0.5) is 17.3 Å². The van der Waals surface area contributed by atoms with E-state index in [4.69, 9.17) is 4.98 Å². The van der Waals surface area contributed by atoms with Crippen molar-refractivity contribution in [3.63, 3.8) is 0 Å². The van der Waals surface area contributed by atoms with Crippen molar-refractivity contribution in [2.45, 2.75) is 38.9 Å². The van der Waals surface area contributed by atoms with Crippen LogP contribution in [0, 0.1) is 5.92 Å². The SMILES string of the molecule is C=CC(=O)N1CC(CCn2c(=O)ccc3cnc(Nc4ccc(N5C[C@@H](C)N(C)[C@H](C)C5)cc4)nc32)C1. The van der Waals surface area contributed by atoms with Crippen LogP contribution >= 0.6 is 0 Å². The highest BCUT2D eigenvalue weighted by atomic mass is 16.2. The molecule has 2 saturated heterocycles. The van der Waals surface area contributed by atoms with Crippen LogP contribution in [0.3, 0.4) is 0 Å². The summed E-state index contributed by atoms with van der Waals surface area (Å²) in [6.07, 6.45) is 3.89. The molecule has 2 aliphatic heterocycles. The van der Waals surface area contributed by atoms with E-state index in [-0.39, 0.29) is 11.5 Å². The Bertz CT molecular complexity index is 1330. The van der Waals surface area contributed by atoms with Gasteiger partial charge in [-0.1, -0.05) is 6.58 Å². The molecule has 5 rings (SSSR count). The number of anilines is 3. The summed E-state index contributed by atoms with van der Waals surface area (Å²) in [6.45, 7) is 12.0. The molecule has 0 radical (unpaired) electrons. The maximum Gasteiger partial charge on any atom is 0.252 e. The van der Waals surface area contributed by atoms with E-state index in [0.717, 1.165) is 30.6 Å². The first kappa shape index (κ1) is 25.0. The second-order valence-electron chi connectivity index (χ2n) is 10.3. The molecule has 2 atom stereocenters. The molecule has 1 N–H and O–H groups in total. The highest BCUT2D eigenvalue weighted by Crippen LogP contribution is 2.25. The number of fused-ring (bicyclic) bond motifs is 1. The molecule has 1 amide bonds. The number of hydrogen-bond acceptors (Lipinski definition) is 7. The van der Waals surface area contributed by atoms with Gasteiger partial charge in [0.2, 0.25) is 11.9 Å². The third kappa shape index (κ3) is 5.22. The normalized spacial score (nSPS) is 20.6. The smallest absolute Gasteiger partial charge is 0.252 e. The predicted octanol–water partition coefficient (Wildman–Crippen LogP) is 3.10. The second-order valence-corrected chi connectivity index (χ2v) is 10.3. The summed E-state index contributed by atoms with van der Waals surface area (Å²) in [5.74, 6) is 0.783. The third-order valence-corrected chi connectivity index (χ3v) is 7.78. The fraction of sp³-hybridized carbons (Fsp3) is 0.429. The van der Waals surface area contributed by atoms with Crippen LogP contribution < -0.4 is 15.8 Å². The molecule has 0 aliphatic carbocycles. The minimum absolute atomic E-state index is 0.0392. The first-order valence-electron chi connectivity index (χ1n) is 12.9. The maximum atomic E-state index is 12.7. The van der Waals surface area contributed by atoms with Gasteiger partial charge in [-0.3, -0.25) is 19.1 Å². The van der Waals surface area contributed by atoms with Crippen molar-refractivity contribution in [2.24, 2.45) is 5.92 Å². The van der Waals surface area contributed by atoms with Gasteiger partial charge in [-0.15, -0.1) is 0 Å². The van der Waals surface area contributed by atoms with Crippen LogP contribution in [0.1, 0.15) is 20.3 Å². The molecular formula is C28H35N7O2. The monoisotopic (exact) mass is 501 g/mol. The third-order valence-electron chi connectivity index (χ3n) is 7.78. The standard InChI is InChI=1S/C28H35N7O2/c1-5-25(36)34-17-21(18-34)12-13-35-26(37)11-6-22-14-29-28(31-27(22)35)30-23-7-9-24(10-8-23)33-15-19(2)32(4)20(3)16-33/h5-11,14,19-21H,1,12-13,15-18H2,2-4H3,(H,29,30,31)/t19-,20-/m1/s1. The Labute approximate surface area is 217 Å². The largest absolute Gasteiger partial charge is 0.368 e. The molecule has 37 heavy (non-hydrogen) atoms. The zero-order valence-electron chi connectivity index (χ0n) is 21.8. The molecule has 2 fully saturated rings. The summed E-state index contributed by atoms with van der Waals surface area (Å²) in [7, 11) is 2.19. The van der Waals surface area contributed by atoms with Crippen molar-refractivity contribution in [3.8, 4) is 0 Å². The number of likely N-dealkylation sites (N-methyl/N-ethyl adjacent to an activating group) is 1. The van der Waals surface area contributed by atoms with Crippen LogP contribution in [-0.2, 0) is 11.3 Å². The fourth-order valence-corrected chi connectivity index (χ4v) is 5.22. The molecule has 1 aromatic carbocycles. The molecule has 0 unspecified atom stereocenters. The number of piperazine rings is 1. The Morgan fingerprint density at radius 2 is 1.78 bits per heavy atom. The average molecular weight is 502 g/mol. The molecule has 0 spiro atoms. The summed E-state index contributed by atoms with van der Waals surface area (Å²) in [5.41, 5.74) is 2.62. The van der Waals surface area contributed by atoms with E-state index in [9.17, 15) is 9.59 Å². The summed E-state index contributed by atoms with van der Waals surface area (Å²) in [4.78, 5) is 40.2. The van der Waals surface area contributed by atoms with Gasteiger partial charge in [-0.25, -0.2) is 4.98 Å². The second kappa shape index (κ2) is 10.3. The van der Waals surface area contributed by atoms with Gasteiger partial charge >= 0.3 is 0 Å². The Balaban J connectivity index is 1.28. The maximum absolute atomic E-state index is 12.7. The number of aryl methyl sites for hydroxylation is 1. The number of nitrogens with one attached hydrogen (secondary N) is 1. The molecule has 4 heterocycles. The van der Waals surface area contributed by atoms with Crippen molar-refractivity contribution in [3.05, 3.63) is 65.6 Å². The summed E-state index contributed by atoms with van der Waals surface area (Å²) in [6, 6.07) is 12.7. The van der Waals surface area contributed by atoms with Gasteiger partial charge in [-0.05, 0) is 69.6 Å². The van der Waals surface area contributed by atoms with Crippen LogP contribution in [0.2, 0.25) is 0 Å². The topological polar surface area (TPSA) is 86.6 Å². The quantitative estimate of drug-likeness (QED) is 0.498. The minimum Gasteiger partial charge on any atom is -0.368 e. The Morgan fingerprint density at radius 3 is 2.46 bits per heavy atom. The van der Waals surface area contributed by atoms with Crippen molar-refractivity contribution in [2.75, 3.05) is 43.4 Å². The van der Waals surface area contributed by atoms with Gasteiger partial charge in [0.1, 0.15) is 5.65 Å². The lowest BCUT2D eigenvalue weighted by Gasteiger charge is -2.43. The van der Waals surface area contributed by atoms with Gasteiger partial charge in [0.05, 0.1) is 0 Å². The van der Waals surface area contributed by atoms with Gasteiger partial charge in [-0.2, -0.15) is 4.98 Å². The van der Waals surface area contributed by atoms with Crippen LogP contribution in [-0.4, -0.2) is 75.6 Å². The molecule has 2 aliphatic rings. The lowest BCUT2D eigenvalue weighted by atomic mass is 9.96. The van der Waals surface area contributed by atoms with Gasteiger partial charge < -0.3 is 15.1 Å². The number of nitrogens with zero attached hydrogens (tertiary/aromatic N) is 6. The number of rotatable bonds is 7. The lowest BCUT2D eigenvalue weighted by molar-refractivity contribution is -0.132. The highest BCUT2D eigenvalue weighted by molar-refractivity contribution is 5.87. The van der Waals surface area contributed by atoms with Gasteiger partial charge in [0, 0.05) is 73.8 Å². The number of likely N-dealkylation sites (tertiary alicyclic amines) is 1. The van der Waals surface area contributed by atoms with Crippen LogP contribution in [0.5, 0.6) is 0 Å². The molecular weight excluding hydrogens is 466 g/mol. The van der Waals surface area contributed by atoms with Crippen molar-refractivity contribution >= 4 is 34.3 Å². The molecule has 9 heteroatoms. The number of amides is 1. The number of pyridine rings is 1. The molecule has 9 nitrogen and oxygen atoms in total. The van der Waals surface area contributed by atoms with E-state index in [1.165, 1.54) is 11.8 Å².